The molecule has 0 spiro atoms. The van der Waals surface area contributed by atoms with E-state index in [4.69, 9.17) is 5.73 Å². The number of hydrogen-bond donors (Lipinski definition) is 1. The Labute approximate surface area is 168 Å². The molecule has 1 aromatic carbocycles. The van der Waals surface area contributed by atoms with Crippen molar-refractivity contribution in [3.05, 3.63) is 29.8 Å². The SMILES string of the molecule is CCCc1ccc(S(=O)(=O)N2CCN(C(=O)C3CCC(N)C3)CC2)cc1.Cl. The molecule has 1 aliphatic carbocycles. The summed E-state index contributed by atoms with van der Waals surface area (Å²) >= 11 is 0. The van der Waals surface area contributed by atoms with Crippen molar-refractivity contribution >= 4 is 28.3 Å². The third-order valence-electron chi connectivity index (χ3n) is 5.47. The van der Waals surface area contributed by atoms with E-state index >= 15 is 0 Å². The smallest absolute Gasteiger partial charge is 0.243 e. The summed E-state index contributed by atoms with van der Waals surface area (Å²) in [5.74, 6) is 0.151. The highest BCUT2D eigenvalue weighted by Crippen LogP contribution is 2.27. The third kappa shape index (κ3) is 5.02. The number of sulfonamides is 1. The molecule has 1 saturated carbocycles. The zero-order chi connectivity index (χ0) is 18.7. The number of halogens is 1. The Kier molecular flexibility index (Phi) is 7.68. The van der Waals surface area contributed by atoms with Gasteiger partial charge < -0.3 is 10.6 Å². The van der Waals surface area contributed by atoms with Crippen LogP contribution in [-0.4, -0.2) is 55.8 Å². The molecule has 0 bridgehead atoms. The van der Waals surface area contributed by atoms with Crippen molar-refractivity contribution in [3.63, 3.8) is 0 Å². The molecule has 1 heterocycles. The first-order valence-electron chi connectivity index (χ1n) is 9.55. The molecule has 6 nitrogen and oxygen atoms in total. The minimum Gasteiger partial charge on any atom is -0.340 e. The van der Waals surface area contributed by atoms with Crippen LogP contribution >= 0.6 is 12.4 Å². The van der Waals surface area contributed by atoms with Crippen molar-refractivity contribution < 1.29 is 13.2 Å². The van der Waals surface area contributed by atoms with Crippen molar-refractivity contribution in [2.24, 2.45) is 11.7 Å². The molecule has 1 aromatic rings. The Morgan fingerprint density at radius 2 is 1.74 bits per heavy atom. The summed E-state index contributed by atoms with van der Waals surface area (Å²) in [6, 6.07) is 7.29. The van der Waals surface area contributed by atoms with E-state index in [9.17, 15) is 13.2 Å². The Hall–Kier alpha value is -1.15. The molecule has 27 heavy (non-hydrogen) atoms. The monoisotopic (exact) mass is 415 g/mol. The van der Waals surface area contributed by atoms with Gasteiger partial charge in [0.1, 0.15) is 0 Å². The third-order valence-corrected chi connectivity index (χ3v) is 7.39. The van der Waals surface area contributed by atoms with E-state index in [2.05, 4.69) is 6.92 Å². The molecule has 2 aliphatic rings. The van der Waals surface area contributed by atoms with Gasteiger partial charge in [-0.2, -0.15) is 4.31 Å². The number of nitrogens with zero attached hydrogens (tertiary/aromatic N) is 2. The largest absolute Gasteiger partial charge is 0.340 e. The predicted octanol–water partition coefficient (Wildman–Crippen LogP) is 2.02. The first kappa shape index (κ1) is 22.1. The molecule has 152 valence electrons. The normalized spacial score (nSPS) is 23.9. The number of hydrogen-bond acceptors (Lipinski definition) is 4. The molecule has 1 aliphatic heterocycles. The van der Waals surface area contributed by atoms with E-state index in [0.717, 1.165) is 37.7 Å². The van der Waals surface area contributed by atoms with Gasteiger partial charge in [-0.15, -0.1) is 12.4 Å². The van der Waals surface area contributed by atoms with Crippen LogP contribution in [0.5, 0.6) is 0 Å². The molecule has 0 aromatic heterocycles. The van der Waals surface area contributed by atoms with Crippen molar-refractivity contribution in [1.29, 1.82) is 0 Å². The van der Waals surface area contributed by atoms with Crippen molar-refractivity contribution in [2.45, 2.75) is 50.0 Å². The molecular formula is C19H30ClN3O3S. The zero-order valence-corrected chi connectivity index (χ0v) is 17.5. The van der Waals surface area contributed by atoms with Crippen LogP contribution < -0.4 is 5.73 Å². The van der Waals surface area contributed by atoms with Gasteiger partial charge >= 0.3 is 0 Å². The second kappa shape index (κ2) is 9.37. The summed E-state index contributed by atoms with van der Waals surface area (Å²) < 4.78 is 27.2. The molecule has 0 radical (unpaired) electrons. The standard InChI is InChI=1S/C19H29N3O3S.ClH/c1-2-3-15-4-8-18(9-5-15)26(24,25)22-12-10-21(11-13-22)19(23)16-6-7-17(20)14-16;/h4-5,8-9,16-17H,2-3,6-7,10-14,20H2,1H3;1H. The van der Waals surface area contributed by atoms with Crippen LogP contribution in [-0.2, 0) is 21.2 Å². The molecule has 2 fully saturated rings. The molecule has 1 amide bonds. The maximum absolute atomic E-state index is 12.8. The van der Waals surface area contributed by atoms with Gasteiger partial charge in [0.15, 0.2) is 0 Å². The van der Waals surface area contributed by atoms with Crippen LogP contribution in [0.1, 0.15) is 38.2 Å². The maximum atomic E-state index is 12.8. The van der Waals surface area contributed by atoms with Crippen LogP contribution in [0.25, 0.3) is 0 Å². The number of nitrogens with two attached hydrogens (primary N) is 1. The lowest BCUT2D eigenvalue weighted by atomic mass is 10.1. The van der Waals surface area contributed by atoms with Gasteiger partial charge in [0, 0.05) is 38.1 Å². The summed E-state index contributed by atoms with van der Waals surface area (Å²) in [5, 5.41) is 0. The van der Waals surface area contributed by atoms with Crippen molar-refractivity contribution in [2.75, 3.05) is 26.2 Å². The minimum absolute atomic E-state index is 0. The molecule has 2 N–H and O–H groups in total. The van der Waals surface area contributed by atoms with Gasteiger partial charge in [0.2, 0.25) is 15.9 Å². The molecule has 3 rings (SSSR count). The van der Waals surface area contributed by atoms with Gasteiger partial charge in [-0.1, -0.05) is 25.5 Å². The Morgan fingerprint density at radius 1 is 1.11 bits per heavy atom. The van der Waals surface area contributed by atoms with Crippen LogP contribution in [0.4, 0.5) is 0 Å². The Bertz CT molecular complexity index is 731. The van der Waals surface area contributed by atoms with Gasteiger partial charge in [-0.3, -0.25) is 4.79 Å². The first-order valence-corrected chi connectivity index (χ1v) is 11.0. The predicted molar refractivity (Wildman–Crippen MR) is 108 cm³/mol. The van der Waals surface area contributed by atoms with Gasteiger partial charge in [-0.25, -0.2) is 8.42 Å². The van der Waals surface area contributed by atoms with E-state index in [-0.39, 0.29) is 30.3 Å². The minimum atomic E-state index is -3.50. The highest BCUT2D eigenvalue weighted by Gasteiger charge is 2.35. The lowest BCUT2D eigenvalue weighted by Gasteiger charge is -2.35. The Morgan fingerprint density at radius 3 is 2.26 bits per heavy atom. The number of carbonyl (C=O) groups is 1. The van der Waals surface area contributed by atoms with E-state index < -0.39 is 10.0 Å². The second-order valence-corrected chi connectivity index (χ2v) is 9.33. The van der Waals surface area contributed by atoms with Crippen LogP contribution in [0.2, 0.25) is 0 Å². The second-order valence-electron chi connectivity index (χ2n) is 7.39. The van der Waals surface area contributed by atoms with E-state index in [1.54, 1.807) is 17.0 Å². The zero-order valence-electron chi connectivity index (χ0n) is 15.8. The maximum Gasteiger partial charge on any atom is 0.243 e. The van der Waals surface area contributed by atoms with E-state index in [1.807, 2.05) is 12.1 Å². The molecule has 1 saturated heterocycles. The number of rotatable bonds is 5. The summed E-state index contributed by atoms with van der Waals surface area (Å²) in [4.78, 5) is 14.7. The average Bonchev–Trinajstić information content (AvgIpc) is 3.08. The van der Waals surface area contributed by atoms with Gasteiger partial charge in [0.25, 0.3) is 0 Å². The number of amides is 1. The number of piperazine rings is 1. The fourth-order valence-electron chi connectivity index (χ4n) is 3.91. The van der Waals surface area contributed by atoms with E-state index in [0.29, 0.717) is 31.1 Å². The van der Waals surface area contributed by atoms with Crippen molar-refractivity contribution in [1.82, 2.24) is 9.21 Å². The van der Waals surface area contributed by atoms with Gasteiger partial charge in [-0.05, 0) is 43.4 Å². The average molecular weight is 416 g/mol. The fourth-order valence-corrected chi connectivity index (χ4v) is 5.34. The van der Waals surface area contributed by atoms with Crippen LogP contribution in [0.15, 0.2) is 29.2 Å². The highest BCUT2D eigenvalue weighted by molar-refractivity contribution is 7.89. The van der Waals surface area contributed by atoms with Crippen LogP contribution in [0.3, 0.4) is 0 Å². The summed E-state index contributed by atoms with van der Waals surface area (Å²) in [5.41, 5.74) is 7.06. The summed E-state index contributed by atoms with van der Waals surface area (Å²) in [6.07, 6.45) is 4.49. The number of carbonyl (C=O) groups excluding carboxylic acids is 1. The number of benzene rings is 1. The molecule has 2 atom stereocenters. The number of aryl methyl sites for hydroxylation is 1. The molecule has 8 heteroatoms. The Balaban J connectivity index is 0.00000261. The summed E-state index contributed by atoms with van der Waals surface area (Å²) in [6.45, 7) is 3.72. The lowest BCUT2D eigenvalue weighted by Crippen LogP contribution is -2.51. The van der Waals surface area contributed by atoms with Crippen LogP contribution in [0, 0.1) is 5.92 Å². The highest BCUT2D eigenvalue weighted by atomic mass is 35.5. The summed E-state index contributed by atoms with van der Waals surface area (Å²) in [7, 11) is -3.50. The molecular weight excluding hydrogens is 386 g/mol. The van der Waals surface area contributed by atoms with Gasteiger partial charge in [0.05, 0.1) is 4.90 Å². The van der Waals surface area contributed by atoms with E-state index in [1.165, 1.54) is 4.31 Å². The quantitative estimate of drug-likeness (QED) is 0.797. The fraction of sp³-hybridized carbons (Fsp3) is 0.632. The topological polar surface area (TPSA) is 83.7 Å². The van der Waals surface area contributed by atoms with Crippen molar-refractivity contribution in [3.8, 4) is 0 Å². The molecule has 2 unspecified atom stereocenters. The first-order chi connectivity index (χ1) is 12.4. The lowest BCUT2D eigenvalue weighted by molar-refractivity contribution is -0.136.